The van der Waals surface area contributed by atoms with Crippen molar-refractivity contribution in [3.8, 4) is 0 Å². The van der Waals surface area contributed by atoms with Crippen LogP contribution in [0, 0.1) is 11.7 Å². The SMILES string of the molecule is CN(C)C(=O)c1cc(NC(=O)CNCC2CC2)ccc1F.Cl. The summed E-state index contributed by atoms with van der Waals surface area (Å²) in [6.45, 7) is 1.06. The summed E-state index contributed by atoms with van der Waals surface area (Å²) in [7, 11) is 3.10. The van der Waals surface area contributed by atoms with E-state index in [1.54, 1.807) is 14.1 Å². The van der Waals surface area contributed by atoms with E-state index in [0.29, 0.717) is 11.6 Å². The molecular weight excluding hydrogens is 309 g/mol. The standard InChI is InChI=1S/C15H20FN3O2.ClH/c1-19(2)15(21)12-7-11(5-6-13(12)16)18-14(20)9-17-8-10-3-4-10;/h5-7,10,17H,3-4,8-9H2,1-2H3,(H,18,20);1H. The van der Waals surface area contributed by atoms with Gasteiger partial charge < -0.3 is 15.5 Å². The van der Waals surface area contributed by atoms with Crippen molar-refractivity contribution in [2.45, 2.75) is 12.8 Å². The van der Waals surface area contributed by atoms with Gasteiger partial charge in [-0.15, -0.1) is 12.4 Å². The van der Waals surface area contributed by atoms with Crippen molar-refractivity contribution in [1.29, 1.82) is 0 Å². The van der Waals surface area contributed by atoms with Crippen LogP contribution in [-0.4, -0.2) is 43.9 Å². The van der Waals surface area contributed by atoms with Crippen LogP contribution in [-0.2, 0) is 4.79 Å². The molecule has 5 nitrogen and oxygen atoms in total. The van der Waals surface area contributed by atoms with E-state index in [1.165, 1.54) is 35.9 Å². The third-order valence-electron chi connectivity index (χ3n) is 3.30. The van der Waals surface area contributed by atoms with Crippen LogP contribution in [0.4, 0.5) is 10.1 Å². The fraction of sp³-hybridized carbons (Fsp3) is 0.467. The predicted molar refractivity (Wildman–Crippen MR) is 85.9 cm³/mol. The van der Waals surface area contributed by atoms with Gasteiger partial charge in [0.15, 0.2) is 0 Å². The third-order valence-corrected chi connectivity index (χ3v) is 3.30. The lowest BCUT2D eigenvalue weighted by Crippen LogP contribution is -2.29. The van der Waals surface area contributed by atoms with Crippen LogP contribution in [0.1, 0.15) is 23.2 Å². The first-order valence-corrected chi connectivity index (χ1v) is 6.99. The van der Waals surface area contributed by atoms with Gasteiger partial charge in [0.1, 0.15) is 5.82 Å². The molecule has 1 aliphatic carbocycles. The predicted octanol–water partition coefficient (Wildman–Crippen LogP) is 1.89. The minimum atomic E-state index is -0.599. The molecule has 0 aliphatic heterocycles. The fourth-order valence-electron chi connectivity index (χ4n) is 1.92. The molecule has 1 aromatic rings. The molecule has 7 heteroatoms. The smallest absolute Gasteiger partial charge is 0.256 e. The van der Waals surface area contributed by atoms with E-state index in [9.17, 15) is 14.0 Å². The Morgan fingerprint density at radius 3 is 2.59 bits per heavy atom. The van der Waals surface area contributed by atoms with E-state index in [-0.39, 0.29) is 30.4 Å². The number of amides is 2. The zero-order valence-corrected chi connectivity index (χ0v) is 13.5. The molecule has 1 aromatic carbocycles. The van der Waals surface area contributed by atoms with E-state index in [4.69, 9.17) is 0 Å². The van der Waals surface area contributed by atoms with Gasteiger partial charge in [-0.25, -0.2) is 4.39 Å². The molecule has 1 saturated carbocycles. The highest BCUT2D eigenvalue weighted by Gasteiger charge is 2.20. The van der Waals surface area contributed by atoms with E-state index in [2.05, 4.69) is 10.6 Å². The number of anilines is 1. The van der Waals surface area contributed by atoms with Crippen LogP contribution in [0.25, 0.3) is 0 Å². The minimum absolute atomic E-state index is 0. The topological polar surface area (TPSA) is 61.4 Å². The van der Waals surface area contributed by atoms with E-state index in [1.807, 2.05) is 0 Å². The van der Waals surface area contributed by atoms with Crippen molar-refractivity contribution >= 4 is 29.9 Å². The number of nitrogens with zero attached hydrogens (tertiary/aromatic N) is 1. The number of hydrogen-bond donors (Lipinski definition) is 2. The van der Waals surface area contributed by atoms with Crippen molar-refractivity contribution in [3.63, 3.8) is 0 Å². The van der Waals surface area contributed by atoms with Gasteiger partial charge >= 0.3 is 0 Å². The molecule has 0 bridgehead atoms. The Hall–Kier alpha value is -1.66. The Morgan fingerprint density at radius 1 is 1.32 bits per heavy atom. The molecule has 0 heterocycles. The summed E-state index contributed by atoms with van der Waals surface area (Å²) >= 11 is 0. The third kappa shape index (κ3) is 5.27. The summed E-state index contributed by atoms with van der Waals surface area (Å²) in [4.78, 5) is 24.9. The van der Waals surface area contributed by atoms with Crippen molar-refractivity contribution < 1.29 is 14.0 Å². The maximum Gasteiger partial charge on any atom is 0.256 e. The average Bonchev–Trinajstić information content (AvgIpc) is 3.24. The Kier molecular flexibility index (Phi) is 6.77. The second-order valence-corrected chi connectivity index (χ2v) is 5.52. The molecule has 0 saturated heterocycles. The normalized spacial score (nSPS) is 13.2. The van der Waals surface area contributed by atoms with E-state index >= 15 is 0 Å². The molecule has 0 unspecified atom stereocenters. The molecule has 0 spiro atoms. The largest absolute Gasteiger partial charge is 0.345 e. The van der Waals surface area contributed by atoms with Gasteiger partial charge in [0.05, 0.1) is 12.1 Å². The average molecular weight is 330 g/mol. The van der Waals surface area contributed by atoms with Crippen LogP contribution >= 0.6 is 12.4 Å². The molecular formula is C15H21ClFN3O2. The van der Waals surface area contributed by atoms with Crippen LogP contribution < -0.4 is 10.6 Å². The summed E-state index contributed by atoms with van der Waals surface area (Å²) in [6.07, 6.45) is 2.45. The Labute approximate surface area is 135 Å². The second-order valence-electron chi connectivity index (χ2n) is 5.52. The van der Waals surface area contributed by atoms with Gasteiger partial charge in [-0.1, -0.05) is 0 Å². The molecule has 1 aliphatic rings. The van der Waals surface area contributed by atoms with Gasteiger partial charge in [0.2, 0.25) is 5.91 Å². The second kappa shape index (κ2) is 8.10. The van der Waals surface area contributed by atoms with Gasteiger partial charge in [-0.2, -0.15) is 0 Å². The Morgan fingerprint density at radius 2 is 2.00 bits per heavy atom. The number of halogens is 2. The van der Waals surface area contributed by atoms with Gasteiger partial charge in [0, 0.05) is 19.8 Å². The van der Waals surface area contributed by atoms with Crippen LogP contribution in [0.5, 0.6) is 0 Å². The van der Waals surface area contributed by atoms with Crippen LogP contribution in [0.15, 0.2) is 18.2 Å². The van der Waals surface area contributed by atoms with E-state index < -0.39 is 11.7 Å². The number of hydrogen-bond acceptors (Lipinski definition) is 3. The van der Waals surface area contributed by atoms with Crippen molar-refractivity contribution in [2.24, 2.45) is 5.92 Å². The van der Waals surface area contributed by atoms with Crippen molar-refractivity contribution in [1.82, 2.24) is 10.2 Å². The fourth-order valence-corrected chi connectivity index (χ4v) is 1.92. The number of rotatable bonds is 6. The molecule has 2 amide bonds. The number of nitrogens with one attached hydrogen (secondary N) is 2. The molecule has 0 aromatic heterocycles. The lowest BCUT2D eigenvalue weighted by molar-refractivity contribution is -0.115. The molecule has 22 heavy (non-hydrogen) atoms. The van der Waals surface area contributed by atoms with Gasteiger partial charge in [0.25, 0.3) is 5.91 Å². The molecule has 122 valence electrons. The quantitative estimate of drug-likeness (QED) is 0.838. The maximum absolute atomic E-state index is 13.6. The summed E-state index contributed by atoms with van der Waals surface area (Å²) in [5.41, 5.74) is 0.364. The molecule has 0 atom stereocenters. The Balaban J connectivity index is 0.00000242. The number of carbonyl (C=O) groups excluding carboxylic acids is 2. The molecule has 0 radical (unpaired) electrons. The van der Waals surface area contributed by atoms with Crippen molar-refractivity contribution in [2.75, 3.05) is 32.5 Å². The molecule has 2 N–H and O–H groups in total. The molecule has 2 rings (SSSR count). The number of carbonyl (C=O) groups is 2. The highest BCUT2D eigenvalue weighted by Crippen LogP contribution is 2.27. The van der Waals surface area contributed by atoms with Crippen LogP contribution in [0.2, 0.25) is 0 Å². The summed E-state index contributed by atoms with van der Waals surface area (Å²) in [5.74, 6) is -0.535. The van der Waals surface area contributed by atoms with Gasteiger partial charge in [-0.05, 0) is 43.5 Å². The number of benzene rings is 1. The maximum atomic E-state index is 13.6. The Bertz CT molecular complexity index is 548. The minimum Gasteiger partial charge on any atom is -0.345 e. The zero-order chi connectivity index (χ0) is 15.4. The van der Waals surface area contributed by atoms with Crippen molar-refractivity contribution in [3.05, 3.63) is 29.6 Å². The first-order valence-electron chi connectivity index (χ1n) is 6.99. The van der Waals surface area contributed by atoms with E-state index in [0.717, 1.165) is 6.54 Å². The lowest BCUT2D eigenvalue weighted by Gasteiger charge is -2.12. The lowest BCUT2D eigenvalue weighted by atomic mass is 10.1. The van der Waals surface area contributed by atoms with Gasteiger partial charge in [-0.3, -0.25) is 9.59 Å². The molecule has 1 fully saturated rings. The highest BCUT2D eigenvalue weighted by molar-refractivity contribution is 5.97. The summed E-state index contributed by atoms with van der Waals surface area (Å²) < 4.78 is 13.6. The monoisotopic (exact) mass is 329 g/mol. The summed E-state index contributed by atoms with van der Waals surface area (Å²) in [5, 5.41) is 5.73. The highest BCUT2D eigenvalue weighted by atomic mass is 35.5. The summed E-state index contributed by atoms with van der Waals surface area (Å²) in [6, 6.07) is 3.99. The first kappa shape index (κ1) is 18.4. The zero-order valence-electron chi connectivity index (χ0n) is 12.7. The first-order chi connectivity index (χ1) is 9.97. The van der Waals surface area contributed by atoms with Crippen LogP contribution in [0.3, 0.4) is 0 Å².